The molecule has 3 amide bonds. The minimum Gasteiger partial charge on any atom is -0.321 e. The molecule has 4 rings (SSSR count). The first kappa shape index (κ1) is 22.2. The first-order valence-corrected chi connectivity index (χ1v) is 11.6. The van der Waals surface area contributed by atoms with Gasteiger partial charge in [-0.25, -0.2) is 9.78 Å². The molecule has 2 heterocycles. The number of nitrogens with one attached hydrogen (secondary N) is 2. The molecular weight excluding hydrogens is 444 g/mol. The predicted octanol–water partition coefficient (Wildman–Crippen LogP) is 6.06. The van der Waals surface area contributed by atoms with Gasteiger partial charge in [0.1, 0.15) is 5.03 Å². The van der Waals surface area contributed by atoms with Crippen LogP contribution in [0.3, 0.4) is 0 Å². The van der Waals surface area contributed by atoms with Crippen LogP contribution in [0.2, 0.25) is 5.02 Å². The molecule has 1 aromatic heterocycles. The van der Waals surface area contributed by atoms with Gasteiger partial charge in [0.25, 0.3) is 5.91 Å². The minimum atomic E-state index is -0.304. The Morgan fingerprint density at radius 1 is 1.06 bits per heavy atom. The molecule has 0 saturated heterocycles. The number of hydrogen-bond donors (Lipinski definition) is 2. The van der Waals surface area contributed by atoms with Gasteiger partial charge in [-0.15, -0.1) is 11.8 Å². The van der Waals surface area contributed by atoms with E-state index in [1.165, 1.54) is 0 Å². The molecule has 0 unspecified atom stereocenters. The predicted molar refractivity (Wildman–Crippen MR) is 131 cm³/mol. The molecule has 0 bridgehead atoms. The van der Waals surface area contributed by atoms with E-state index in [4.69, 9.17) is 11.6 Å². The number of amides is 3. The number of pyridine rings is 1. The lowest BCUT2D eigenvalue weighted by Crippen LogP contribution is -2.39. The highest BCUT2D eigenvalue weighted by Gasteiger charge is 2.26. The summed E-state index contributed by atoms with van der Waals surface area (Å²) in [5.74, 6) is 0.470. The van der Waals surface area contributed by atoms with Crippen LogP contribution in [0.5, 0.6) is 0 Å². The summed E-state index contributed by atoms with van der Waals surface area (Å²) in [5, 5.41) is 7.08. The van der Waals surface area contributed by atoms with Gasteiger partial charge >= 0.3 is 6.03 Å². The van der Waals surface area contributed by atoms with Gasteiger partial charge in [0, 0.05) is 29.2 Å². The summed E-state index contributed by atoms with van der Waals surface area (Å²) in [6, 6.07) is 14.0. The van der Waals surface area contributed by atoms with Crippen LogP contribution in [-0.4, -0.2) is 29.2 Å². The number of fused-ring (bicyclic) bond motifs is 1. The van der Waals surface area contributed by atoms with Gasteiger partial charge in [-0.1, -0.05) is 23.7 Å². The zero-order valence-corrected chi connectivity index (χ0v) is 19.6. The highest BCUT2D eigenvalue weighted by molar-refractivity contribution is 7.99. The Kier molecular flexibility index (Phi) is 6.39. The second kappa shape index (κ2) is 9.22. The highest BCUT2D eigenvalue weighted by Crippen LogP contribution is 2.36. The van der Waals surface area contributed by atoms with Crippen molar-refractivity contribution in [1.82, 2.24) is 4.98 Å². The van der Waals surface area contributed by atoms with Crippen molar-refractivity contribution < 1.29 is 9.59 Å². The Bertz CT molecular complexity index is 1210. The molecule has 164 valence electrons. The van der Waals surface area contributed by atoms with Crippen LogP contribution in [0, 0.1) is 20.8 Å². The summed E-state index contributed by atoms with van der Waals surface area (Å²) < 4.78 is 0. The molecule has 0 aliphatic carbocycles. The van der Waals surface area contributed by atoms with Gasteiger partial charge in [-0.2, -0.15) is 0 Å². The highest BCUT2D eigenvalue weighted by atomic mass is 35.5. The summed E-state index contributed by atoms with van der Waals surface area (Å²) in [6.45, 7) is 6.46. The van der Waals surface area contributed by atoms with Crippen LogP contribution in [0.4, 0.5) is 21.9 Å². The number of benzene rings is 2. The summed E-state index contributed by atoms with van der Waals surface area (Å²) in [6.07, 6.45) is 0. The lowest BCUT2D eigenvalue weighted by molar-refractivity contribution is 0.102. The number of carbonyl (C=O) groups excluding carboxylic acids is 2. The van der Waals surface area contributed by atoms with Gasteiger partial charge < -0.3 is 10.6 Å². The molecule has 0 atom stereocenters. The Morgan fingerprint density at radius 3 is 2.66 bits per heavy atom. The van der Waals surface area contributed by atoms with E-state index in [2.05, 4.69) is 15.6 Å². The second-order valence-corrected chi connectivity index (χ2v) is 9.17. The number of halogens is 1. The van der Waals surface area contributed by atoms with Crippen molar-refractivity contribution in [2.45, 2.75) is 25.8 Å². The van der Waals surface area contributed by atoms with Crippen molar-refractivity contribution in [2.75, 3.05) is 27.8 Å². The lowest BCUT2D eigenvalue weighted by atomic mass is 10.1. The van der Waals surface area contributed by atoms with E-state index < -0.39 is 0 Å². The van der Waals surface area contributed by atoms with Crippen molar-refractivity contribution in [3.63, 3.8) is 0 Å². The first-order valence-electron chi connectivity index (χ1n) is 10.2. The van der Waals surface area contributed by atoms with Crippen molar-refractivity contribution in [3.8, 4) is 0 Å². The molecule has 32 heavy (non-hydrogen) atoms. The van der Waals surface area contributed by atoms with Crippen LogP contribution < -0.4 is 15.5 Å². The summed E-state index contributed by atoms with van der Waals surface area (Å²) in [5.41, 5.74) is 5.29. The molecule has 0 saturated carbocycles. The minimum absolute atomic E-state index is 0.251. The smallest absolute Gasteiger partial charge is 0.321 e. The fourth-order valence-electron chi connectivity index (χ4n) is 3.62. The molecule has 2 aromatic carbocycles. The Hall–Kier alpha value is -3.03. The summed E-state index contributed by atoms with van der Waals surface area (Å²) in [7, 11) is 0. The van der Waals surface area contributed by atoms with Crippen LogP contribution in [-0.2, 0) is 0 Å². The Labute approximate surface area is 196 Å². The molecule has 2 N–H and O–H groups in total. The lowest BCUT2D eigenvalue weighted by Gasteiger charge is -2.30. The van der Waals surface area contributed by atoms with E-state index in [-0.39, 0.29) is 11.9 Å². The molecular formula is C24H23ClN4O2S. The quantitative estimate of drug-likeness (QED) is 0.492. The largest absolute Gasteiger partial charge is 0.326 e. The molecule has 6 nitrogen and oxygen atoms in total. The van der Waals surface area contributed by atoms with Crippen molar-refractivity contribution in [3.05, 3.63) is 75.9 Å². The van der Waals surface area contributed by atoms with E-state index in [1.54, 1.807) is 53.1 Å². The van der Waals surface area contributed by atoms with Crippen LogP contribution in [0.25, 0.3) is 0 Å². The van der Waals surface area contributed by atoms with Crippen molar-refractivity contribution in [2.24, 2.45) is 0 Å². The van der Waals surface area contributed by atoms with E-state index >= 15 is 0 Å². The maximum Gasteiger partial charge on any atom is 0.326 e. The maximum absolute atomic E-state index is 13.1. The first-order chi connectivity index (χ1) is 15.3. The van der Waals surface area contributed by atoms with Gasteiger partial charge in [0.15, 0.2) is 0 Å². The zero-order valence-electron chi connectivity index (χ0n) is 18.0. The topological polar surface area (TPSA) is 74.3 Å². The number of urea groups is 1. The number of rotatable bonds is 3. The fraction of sp³-hybridized carbons (Fsp3) is 0.208. The van der Waals surface area contributed by atoms with E-state index in [9.17, 15) is 9.59 Å². The maximum atomic E-state index is 13.1. The van der Waals surface area contributed by atoms with Crippen molar-refractivity contribution in [1.29, 1.82) is 0 Å². The summed E-state index contributed by atoms with van der Waals surface area (Å²) in [4.78, 5) is 32.1. The zero-order chi connectivity index (χ0) is 22.8. The molecule has 8 heteroatoms. The second-order valence-electron chi connectivity index (χ2n) is 7.68. The fourth-order valence-corrected chi connectivity index (χ4v) is 4.98. The standard InChI is InChI=1S/C24H23ClN4O2S/c1-14-7-8-20(19(25)11-14)28-22(30)17-5-4-6-18(13-17)27-24(31)29-9-10-32-23-21(29)15(2)12-16(3)26-23/h4-8,11-13H,9-10H2,1-3H3,(H,27,31)(H,28,30). The third-order valence-corrected chi connectivity index (χ3v) is 6.35. The molecule has 0 spiro atoms. The third-order valence-electron chi connectivity index (χ3n) is 5.10. The van der Waals surface area contributed by atoms with Crippen molar-refractivity contribution >= 4 is 52.4 Å². The van der Waals surface area contributed by atoms with Gasteiger partial charge in [-0.3, -0.25) is 9.69 Å². The molecule has 0 fully saturated rings. The number of aryl methyl sites for hydroxylation is 3. The van der Waals surface area contributed by atoms with E-state index in [1.807, 2.05) is 32.9 Å². The number of carbonyl (C=O) groups is 2. The molecule has 0 radical (unpaired) electrons. The van der Waals surface area contributed by atoms with E-state index in [0.717, 1.165) is 33.3 Å². The molecule has 1 aliphatic rings. The summed E-state index contributed by atoms with van der Waals surface area (Å²) >= 11 is 7.88. The monoisotopic (exact) mass is 466 g/mol. The van der Waals surface area contributed by atoms with Gasteiger partial charge in [0.2, 0.25) is 0 Å². The number of aromatic nitrogens is 1. The van der Waals surface area contributed by atoms with Crippen LogP contribution in [0.15, 0.2) is 53.6 Å². The van der Waals surface area contributed by atoms with Crippen LogP contribution in [0.1, 0.15) is 27.2 Å². The number of anilines is 3. The number of thioether (sulfide) groups is 1. The van der Waals surface area contributed by atoms with Gasteiger partial charge in [-0.05, 0) is 68.3 Å². The van der Waals surface area contributed by atoms with Gasteiger partial charge in [0.05, 0.1) is 16.4 Å². The molecule has 3 aromatic rings. The Balaban J connectivity index is 1.51. The number of hydrogen-bond acceptors (Lipinski definition) is 4. The normalized spacial score (nSPS) is 12.8. The third kappa shape index (κ3) is 4.74. The number of nitrogens with zero attached hydrogens (tertiary/aromatic N) is 2. The average Bonchev–Trinajstić information content (AvgIpc) is 2.75. The van der Waals surface area contributed by atoms with Crippen LogP contribution >= 0.6 is 23.4 Å². The SMILES string of the molecule is Cc1ccc(NC(=O)c2cccc(NC(=O)N3CCSc4nc(C)cc(C)c43)c2)c(Cl)c1. The Morgan fingerprint density at radius 2 is 1.88 bits per heavy atom. The van der Waals surface area contributed by atoms with E-state index in [0.29, 0.717) is 28.5 Å². The molecule has 1 aliphatic heterocycles. The average molecular weight is 467 g/mol.